The van der Waals surface area contributed by atoms with Crippen molar-refractivity contribution in [2.24, 2.45) is 0 Å². The molecular formula is C18H25NO2S. The average molecular weight is 319 g/mol. The van der Waals surface area contributed by atoms with Gasteiger partial charge in [-0.2, -0.15) is 11.8 Å². The summed E-state index contributed by atoms with van der Waals surface area (Å²) in [4.78, 5) is 14.7. The number of rotatable bonds is 2. The van der Waals surface area contributed by atoms with E-state index in [1.54, 1.807) is 0 Å². The Kier molecular flexibility index (Phi) is 5.09. The van der Waals surface area contributed by atoms with Crippen molar-refractivity contribution in [3.63, 3.8) is 0 Å². The van der Waals surface area contributed by atoms with E-state index in [1.165, 1.54) is 5.56 Å². The maximum Gasteiger partial charge on any atom is 0.254 e. The molecule has 22 heavy (non-hydrogen) atoms. The molecule has 3 nitrogen and oxygen atoms in total. The van der Waals surface area contributed by atoms with Crippen LogP contribution in [0.15, 0.2) is 30.3 Å². The highest BCUT2D eigenvalue weighted by atomic mass is 32.2. The molecule has 3 rings (SSSR count). The number of benzene rings is 1. The topological polar surface area (TPSA) is 40.5 Å². The molecule has 120 valence electrons. The van der Waals surface area contributed by atoms with E-state index >= 15 is 0 Å². The van der Waals surface area contributed by atoms with E-state index in [0.717, 1.165) is 43.9 Å². The molecular weight excluding hydrogens is 294 g/mol. The molecule has 2 aliphatic rings. The van der Waals surface area contributed by atoms with Crippen LogP contribution in [-0.2, 0) is 4.79 Å². The molecule has 2 heterocycles. The Hall–Kier alpha value is -1.00. The van der Waals surface area contributed by atoms with Crippen molar-refractivity contribution in [3.8, 4) is 0 Å². The molecule has 1 aromatic rings. The summed E-state index contributed by atoms with van der Waals surface area (Å²) < 4.78 is 0. The molecule has 0 aromatic heterocycles. The first-order valence-electron chi connectivity index (χ1n) is 8.33. The van der Waals surface area contributed by atoms with Gasteiger partial charge < -0.3 is 10.0 Å². The minimum Gasteiger partial charge on any atom is -0.380 e. The van der Waals surface area contributed by atoms with Crippen molar-refractivity contribution in [3.05, 3.63) is 35.9 Å². The molecule has 2 fully saturated rings. The number of likely N-dealkylation sites (tertiary alicyclic amines) is 1. The third kappa shape index (κ3) is 3.49. The SMILES string of the molecule is O=C(N1CCCC(c2ccccc2)CC1)C1(O)CCSCC1. The lowest BCUT2D eigenvalue weighted by Gasteiger charge is -2.35. The second-order valence-corrected chi connectivity index (χ2v) is 7.70. The smallest absolute Gasteiger partial charge is 0.254 e. The van der Waals surface area contributed by atoms with Crippen LogP contribution in [0.25, 0.3) is 0 Å². The van der Waals surface area contributed by atoms with Crippen LogP contribution < -0.4 is 0 Å². The summed E-state index contributed by atoms with van der Waals surface area (Å²) in [5, 5.41) is 10.7. The van der Waals surface area contributed by atoms with Crippen LogP contribution in [0.5, 0.6) is 0 Å². The lowest BCUT2D eigenvalue weighted by atomic mass is 9.92. The van der Waals surface area contributed by atoms with Crippen LogP contribution in [-0.4, -0.2) is 46.1 Å². The normalized spacial score (nSPS) is 25.5. The van der Waals surface area contributed by atoms with Gasteiger partial charge in [-0.15, -0.1) is 0 Å². The molecule has 1 N–H and O–H groups in total. The summed E-state index contributed by atoms with van der Waals surface area (Å²) in [7, 11) is 0. The van der Waals surface area contributed by atoms with Gasteiger partial charge in [-0.25, -0.2) is 0 Å². The van der Waals surface area contributed by atoms with Crippen LogP contribution in [0, 0.1) is 0 Å². The number of aliphatic hydroxyl groups is 1. The first-order chi connectivity index (χ1) is 10.7. The van der Waals surface area contributed by atoms with E-state index in [4.69, 9.17) is 0 Å². The van der Waals surface area contributed by atoms with Gasteiger partial charge >= 0.3 is 0 Å². The number of amides is 1. The first kappa shape index (κ1) is 15.9. The number of hydrogen-bond donors (Lipinski definition) is 1. The Labute approximate surface area is 137 Å². The highest BCUT2D eigenvalue weighted by Crippen LogP contribution is 2.32. The zero-order valence-corrected chi connectivity index (χ0v) is 13.9. The van der Waals surface area contributed by atoms with Crippen LogP contribution in [0.2, 0.25) is 0 Å². The van der Waals surface area contributed by atoms with Crippen molar-refractivity contribution >= 4 is 17.7 Å². The zero-order valence-electron chi connectivity index (χ0n) is 13.0. The summed E-state index contributed by atoms with van der Waals surface area (Å²) in [5.41, 5.74) is 0.280. The van der Waals surface area contributed by atoms with Gasteiger partial charge in [-0.05, 0) is 55.1 Å². The van der Waals surface area contributed by atoms with Crippen molar-refractivity contribution in [2.45, 2.75) is 43.6 Å². The van der Waals surface area contributed by atoms with E-state index in [2.05, 4.69) is 24.3 Å². The van der Waals surface area contributed by atoms with Crippen molar-refractivity contribution in [1.82, 2.24) is 4.90 Å². The van der Waals surface area contributed by atoms with Crippen LogP contribution in [0.4, 0.5) is 0 Å². The third-order valence-electron chi connectivity index (χ3n) is 5.00. The van der Waals surface area contributed by atoms with Crippen LogP contribution in [0.1, 0.15) is 43.6 Å². The molecule has 0 radical (unpaired) electrons. The lowest BCUT2D eigenvalue weighted by Crippen LogP contribution is -2.51. The number of nitrogens with zero attached hydrogens (tertiary/aromatic N) is 1. The van der Waals surface area contributed by atoms with Gasteiger partial charge in [0.15, 0.2) is 0 Å². The Morgan fingerprint density at radius 1 is 1.14 bits per heavy atom. The van der Waals surface area contributed by atoms with E-state index in [0.29, 0.717) is 18.8 Å². The van der Waals surface area contributed by atoms with E-state index < -0.39 is 5.60 Å². The summed E-state index contributed by atoms with van der Waals surface area (Å²) in [5.74, 6) is 2.29. The predicted octanol–water partition coefficient (Wildman–Crippen LogP) is 3.04. The van der Waals surface area contributed by atoms with Gasteiger partial charge in [0.25, 0.3) is 5.91 Å². The predicted molar refractivity (Wildman–Crippen MR) is 91.1 cm³/mol. The summed E-state index contributed by atoms with van der Waals surface area (Å²) >= 11 is 1.83. The molecule has 0 bridgehead atoms. The van der Waals surface area contributed by atoms with Crippen molar-refractivity contribution in [2.75, 3.05) is 24.6 Å². The maximum absolute atomic E-state index is 12.7. The number of hydrogen-bond acceptors (Lipinski definition) is 3. The molecule has 1 unspecified atom stereocenters. The summed E-state index contributed by atoms with van der Waals surface area (Å²) in [6.45, 7) is 1.56. The van der Waals surface area contributed by atoms with Crippen molar-refractivity contribution in [1.29, 1.82) is 0 Å². The minimum absolute atomic E-state index is 0.0264. The van der Waals surface area contributed by atoms with Gasteiger partial charge in [-0.1, -0.05) is 30.3 Å². The van der Waals surface area contributed by atoms with Crippen molar-refractivity contribution < 1.29 is 9.90 Å². The fourth-order valence-electron chi connectivity index (χ4n) is 3.58. The fourth-order valence-corrected chi connectivity index (χ4v) is 4.74. The highest BCUT2D eigenvalue weighted by molar-refractivity contribution is 7.99. The quantitative estimate of drug-likeness (QED) is 0.911. The maximum atomic E-state index is 12.7. The number of carbonyl (C=O) groups is 1. The van der Waals surface area contributed by atoms with Gasteiger partial charge in [0.1, 0.15) is 5.60 Å². The third-order valence-corrected chi connectivity index (χ3v) is 5.99. The molecule has 4 heteroatoms. The van der Waals surface area contributed by atoms with Gasteiger partial charge in [0, 0.05) is 13.1 Å². The molecule has 1 atom stereocenters. The standard InChI is InChI=1S/C18H25NO2S/c20-17(18(21)9-13-22-14-10-18)19-11-4-7-16(8-12-19)15-5-2-1-3-6-15/h1-3,5-6,16,21H,4,7-14H2. The molecule has 0 spiro atoms. The van der Waals surface area contributed by atoms with Gasteiger partial charge in [0.05, 0.1) is 0 Å². The summed E-state index contributed by atoms with van der Waals surface area (Å²) in [6, 6.07) is 10.6. The van der Waals surface area contributed by atoms with Gasteiger partial charge in [0.2, 0.25) is 0 Å². The Morgan fingerprint density at radius 2 is 1.86 bits per heavy atom. The second kappa shape index (κ2) is 7.05. The lowest BCUT2D eigenvalue weighted by molar-refractivity contribution is -0.152. The van der Waals surface area contributed by atoms with E-state index in [1.807, 2.05) is 22.7 Å². The Bertz CT molecular complexity index is 499. The summed E-state index contributed by atoms with van der Waals surface area (Å²) in [6.07, 6.45) is 4.36. The highest BCUT2D eigenvalue weighted by Gasteiger charge is 2.40. The van der Waals surface area contributed by atoms with E-state index in [9.17, 15) is 9.90 Å². The first-order valence-corrected chi connectivity index (χ1v) is 9.49. The molecule has 2 aliphatic heterocycles. The van der Waals surface area contributed by atoms with Gasteiger partial charge in [-0.3, -0.25) is 4.79 Å². The Morgan fingerprint density at radius 3 is 2.59 bits per heavy atom. The van der Waals surface area contributed by atoms with Crippen LogP contribution >= 0.6 is 11.8 Å². The number of thioether (sulfide) groups is 1. The molecule has 2 saturated heterocycles. The van der Waals surface area contributed by atoms with Crippen LogP contribution in [0.3, 0.4) is 0 Å². The molecule has 1 amide bonds. The minimum atomic E-state index is -1.10. The molecule has 0 aliphatic carbocycles. The average Bonchev–Trinajstić information content (AvgIpc) is 2.82. The zero-order chi connectivity index (χ0) is 15.4. The fraction of sp³-hybridized carbons (Fsp3) is 0.611. The number of carbonyl (C=O) groups excluding carboxylic acids is 1. The largest absolute Gasteiger partial charge is 0.380 e. The van der Waals surface area contributed by atoms with E-state index in [-0.39, 0.29) is 5.91 Å². The second-order valence-electron chi connectivity index (χ2n) is 6.47. The monoisotopic (exact) mass is 319 g/mol. The Balaban J connectivity index is 1.64. The molecule has 0 saturated carbocycles. The molecule has 1 aromatic carbocycles.